The molecule has 1 amide bonds. The second-order valence-corrected chi connectivity index (χ2v) is 4.38. The van der Waals surface area contributed by atoms with Gasteiger partial charge in [0.05, 0.1) is 0 Å². The Morgan fingerprint density at radius 3 is 2.71 bits per heavy atom. The molecule has 3 heteroatoms. The van der Waals surface area contributed by atoms with Crippen molar-refractivity contribution in [2.75, 3.05) is 13.1 Å². The van der Waals surface area contributed by atoms with Crippen molar-refractivity contribution >= 4 is 5.91 Å². The van der Waals surface area contributed by atoms with E-state index in [2.05, 4.69) is 17.1 Å². The van der Waals surface area contributed by atoms with Gasteiger partial charge in [0.1, 0.15) is 0 Å². The number of nitrogens with zero attached hydrogens (tertiary/aromatic N) is 1. The molecule has 0 aromatic rings. The van der Waals surface area contributed by atoms with Gasteiger partial charge in [-0.05, 0) is 38.8 Å². The van der Waals surface area contributed by atoms with Crippen LogP contribution < -0.4 is 5.32 Å². The first-order valence-electron chi connectivity index (χ1n) is 5.84. The molecule has 0 aromatic heterocycles. The lowest BCUT2D eigenvalue weighted by Crippen LogP contribution is -2.47. The first-order chi connectivity index (χ1) is 6.83. The minimum absolute atomic E-state index is 0.392. The monoisotopic (exact) mass is 196 g/mol. The van der Waals surface area contributed by atoms with Gasteiger partial charge >= 0.3 is 0 Å². The highest BCUT2D eigenvalue weighted by Crippen LogP contribution is 2.27. The van der Waals surface area contributed by atoms with E-state index in [0.29, 0.717) is 18.0 Å². The number of hydrogen-bond donors (Lipinski definition) is 1. The topological polar surface area (TPSA) is 32.3 Å². The number of piperidine rings is 1. The maximum atomic E-state index is 11.7. The molecule has 2 aliphatic rings. The predicted octanol–water partition coefficient (Wildman–Crippen LogP) is 1.14. The number of amides is 1. The maximum absolute atomic E-state index is 11.7. The largest absolute Gasteiger partial charge is 0.337 e. The molecule has 0 spiro atoms. The number of nitrogens with one attached hydrogen (secondary N) is 1. The summed E-state index contributed by atoms with van der Waals surface area (Å²) in [6, 6.07) is 1.06. The normalized spacial score (nSPS) is 29.9. The summed E-state index contributed by atoms with van der Waals surface area (Å²) in [7, 11) is 0. The Morgan fingerprint density at radius 2 is 2.07 bits per heavy atom. The van der Waals surface area contributed by atoms with Crippen LogP contribution in [0.3, 0.4) is 0 Å². The highest BCUT2D eigenvalue weighted by molar-refractivity contribution is 5.79. The van der Waals surface area contributed by atoms with E-state index in [0.717, 1.165) is 45.2 Å². The molecule has 0 radical (unpaired) electrons. The SMILES string of the molecule is CC[C@@H]1CCC(=O)N1C1CCNCC1. The molecule has 1 N–H and O–H groups in total. The summed E-state index contributed by atoms with van der Waals surface area (Å²) >= 11 is 0. The maximum Gasteiger partial charge on any atom is 0.223 e. The third-order valence-electron chi connectivity index (χ3n) is 3.55. The van der Waals surface area contributed by atoms with E-state index in [9.17, 15) is 4.79 Å². The van der Waals surface area contributed by atoms with Gasteiger partial charge < -0.3 is 10.2 Å². The van der Waals surface area contributed by atoms with Crippen LogP contribution in [0.2, 0.25) is 0 Å². The Bertz CT molecular complexity index is 211. The first kappa shape index (κ1) is 9.97. The van der Waals surface area contributed by atoms with E-state index in [-0.39, 0.29) is 0 Å². The Balaban J connectivity index is 2.01. The van der Waals surface area contributed by atoms with Gasteiger partial charge in [0.2, 0.25) is 5.91 Å². The fraction of sp³-hybridized carbons (Fsp3) is 0.909. The summed E-state index contributed by atoms with van der Waals surface area (Å²) in [4.78, 5) is 13.9. The summed E-state index contributed by atoms with van der Waals surface area (Å²) in [5.74, 6) is 0.392. The van der Waals surface area contributed by atoms with Gasteiger partial charge in [0.25, 0.3) is 0 Å². The third-order valence-corrected chi connectivity index (χ3v) is 3.55. The van der Waals surface area contributed by atoms with Crippen molar-refractivity contribution in [3.05, 3.63) is 0 Å². The molecule has 2 heterocycles. The van der Waals surface area contributed by atoms with Crippen LogP contribution in [0.4, 0.5) is 0 Å². The molecular formula is C11H20N2O. The molecular weight excluding hydrogens is 176 g/mol. The van der Waals surface area contributed by atoms with Crippen molar-refractivity contribution < 1.29 is 4.79 Å². The van der Waals surface area contributed by atoms with Crippen LogP contribution in [0.5, 0.6) is 0 Å². The van der Waals surface area contributed by atoms with Gasteiger partial charge in [-0.1, -0.05) is 6.92 Å². The minimum atomic E-state index is 0.392. The van der Waals surface area contributed by atoms with Crippen LogP contribution in [0, 0.1) is 0 Å². The van der Waals surface area contributed by atoms with Gasteiger partial charge in [0, 0.05) is 18.5 Å². The Morgan fingerprint density at radius 1 is 1.36 bits per heavy atom. The average Bonchev–Trinajstić information content (AvgIpc) is 2.61. The number of carbonyl (C=O) groups excluding carboxylic acids is 1. The summed E-state index contributed by atoms with van der Waals surface area (Å²) in [6.45, 7) is 4.34. The molecule has 0 aromatic carbocycles. The molecule has 1 atom stereocenters. The van der Waals surface area contributed by atoms with Crippen molar-refractivity contribution in [2.24, 2.45) is 0 Å². The first-order valence-corrected chi connectivity index (χ1v) is 5.84. The molecule has 0 saturated carbocycles. The zero-order valence-electron chi connectivity index (χ0n) is 8.96. The number of likely N-dealkylation sites (tertiary alicyclic amines) is 1. The van der Waals surface area contributed by atoms with E-state index in [4.69, 9.17) is 0 Å². The van der Waals surface area contributed by atoms with Gasteiger partial charge in [-0.25, -0.2) is 0 Å². The third kappa shape index (κ3) is 1.78. The Hall–Kier alpha value is -0.570. The van der Waals surface area contributed by atoms with Crippen molar-refractivity contribution in [1.82, 2.24) is 10.2 Å². The minimum Gasteiger partial charge on any atom is -0.337 e. The molecule has 80 valence electrons. The van der Waals surface area contributed by atoms with Crippen molar-refractivity contribution in [2.45, 2.75) is 51.1 Å². The van der Waals surface area contributed by atoms with Gasteiger partial charge in [-0.3, -0.25) is 4.79 Å². The van der Waals surface area contributed by atoms with E-state index >= 15 is 0 Å². The Labute approximate surface area is 85.8 Å². The van der Waals surface area contributed by atoms with E-state index in [1.165, 1.54) is 0 Å². The van der Waals surface area contributed by atoms with Crippen molar-refractivity contribution in [3.8, 4) is 0 Å². The summed E-state index contributed by atoms with van der Waals surface area (Å²) < 4.78 is 0. The average molecular weight is 196 g/mol. The van der Waals surface area contributed by atoms with E-state index in [1.54, 1.807) is 0 Å². The highest BCUT2D eigenvalue weighted by atomic mass is 16.2. The molecule has 14 heavy (non-hydrogen) atoms. The number of rotatable bonds is 2. The summed E-state index contributed by atoms with van der Waals surface area (Å²) in [5, 5.41) is 3.35. The van der Waals surface area contributed by atoms with Crippen LogP contribution in [0.1, 0.15) is 39.0 Å². The van der Waals surface area contributed by atoms with Crippen LogP contribution >= 0.6 is 0 Å². The number of hydrogen-bond acceptors (Lipinski definition) is 2. The van der Waals surface area contributed by atoms with Crippen LogP contribution in [0.25, 0.3) is 0 Å². The fourth-order valence-electron chi connectivity index (χ4n) is 2.75. The smallest absolute Gasteiger partial charge is 0.223 e. The zero-order valence-corrected chi connectivity index (χ0v) is 8.96. The molecule has 2 fully saturated rings. The molecule has 0 unspecified atom stereocenters. The lowest BCUT2D eigenvalue weighted by molar-refractivity contribution is -0.131. The molecule has 0 bridgehead atoms. The lowest BCUT2D eigenvalue weighted by Gasteiger charge is -2.35. The molecule has 2 saturated heterocycles. The zero-order chi connectivity index (χ0) is 9.97. The predicted molar refractivity (Wildman–Crippen MR) is 56.1 cm³/mol. The van der Waals surface area contributed by atoms with Crippen LogP contribution in [-0.2, 0) is 4.79 Å². The molecule has 0 aliphatic carbocycles. The molecule has 2 rings (SSSR count). The molecule has 3 nitrogen and oxygen atoms in total. The van der Waals surface area contributed by atoms with Gasteiger partial charge in [-0.15, -0.1) is 0 Å². The lowest BCUT2D eigenvalue weighted by atomic mass is 10.0. The highest BCUT2D eigenvalue weighted by Gasteiger charge is 2.35. The second-order valence-electron chi connectivity index (χ2n) is 4.38. The number of carbonyl (C=O) groups is 1. The van der Waals surface area contributed by atoms with Gasteiger partial charge in [-0.2, -0.15) is 0 Å². The summed E-state index contributed by atoms with van der Waals surface area (Å²) in [6.07, 6.45) is 5.27. The Kier molecular flexibility index (Phi) is 3.06. The van der Waals surface area contributed by atoms with E-state index in [1.807, 2.05) is 0 Å². The van der Waals surface area contributed by atoms with Crippen LogP contribution in [-0.4, -0.2) is 36.0 Å². The fourth-order valence-corrected chi connectivity index (χ4v) is 2.75. The molecule has 2 aliphatic heterocycles. The van der Waals surface area contributed by atoms with Gasteiger partial charge in [0.15, 0.2) is 0 Å². The quantitative estimate of drug-likeness (QED) is 0.718. The van der Waals surface area contributed by atoms with E-state index < -0.39 is 0 Å². The standard InChI is InChI=1S/C11H20N2O/c1-2-9-3-4-11(14)13(9)10-5-7-12-8-6-10/h9-10,12H,2-8H2,1H3/t9-/m1/s1. The van der Waals surface area contributed by atoms with Crippen LogP contribution in [0.15, 0.2) is 0 Å². The van der Waals surface area contributed by atoms with Crippen molar-refractivity contribution in [1.29, 1.82) is 0 Å². The summed E-state index contributed by atoms with van der Waals surface area (Å²) in [5.41, 5.74) is 0. The second kappa shape index (κ2) is 4.30. The van der Waals surface area contributed by atoms with Crippen molar-refractivity contribution in [3.63, 3.8) is 0 Å².